The van der Waals surface area contributed by atoms with Crippen molar-refractivity contribution in [2.75, 3.05) is 11.9 Å². The fraction of sp³-hybridized carbons (Fsp3) is 0.281. The topological polar surface area (TPSA) is 86.8 Å². The highest BCUT2D eigenvalue weighted by Gasteiger charge is 2.45. The van der Waals surface area contributed by atoms with Crippen LogP contribution >= 0.6 is 11.6 Å². The summed E-state index contributed by atoms with van der Waals surface area (Å²) in [6.07, 6.45) is 4.77. The zero-order valence-electron chi connectivity index (χ0n) is 21.9. The number of ether oxygens (including phenoxy) is 1. The molecule has 0 radical (unpaired) electrons. The van der Waals surface area contributed by atoms with Crippen LogP contribution in [0.1, 0.15) is 57.7 Å². The molecule has 1 aliphatic carbocycles. The maximum absolute atomic E-state index is 13.5. The summed E-state index contributed by atoms with van der Waals surface area (Å²) < 4.78 is 6.44. The molecule has 2 amide bonds. The number of nitrogens with zero attached hydrogens (tertiary/aromatic N) is 2. The van der Waals surface area contributed by atoms with Crippen LogP contribution < -0.4 is 5.32 Å². The van der Waals surface area contributed by atoms with E-state index in [1.165, 1.54) is 17.7 Å². The lowest BCUT2D eigenvalue weighted by Gasteiger charge is -2.30. The number of aromatic nitrogens is 1. The molecule has 2 unspecified atom stereocenters. The number of carbonyl (C=O) groups is 2. The first-order chi connectivity index (χ1) is 19.5. The molecule has 0 saturated heterocycles. The van der Waals surface area contributed by atoms with Crippen molar-refractivity contribution >= 4 is 45.9 Å². The summed E-state index contributed by atoms with van der Waals surface area (Å²) in [4.78, 5) is 36.5. The molecule has 2 atom stereocenters. The van der Waals surface area contributed by atoms with E-state index in [1.54, 1.807) is 24.3 Å². The van der Waals surface area contributed by atoms with Crippen molar-refractivity contribution in [1.82, 2.24) is 9.88 Å². The number of fused-ring (bicyclic) bond motifs is 2. The second kappa shape index (κ2) is 10.1. The molecular formula is C32H29ClN4O3. The molecule has 2 aliphatic heterocycles. The van der Waals surface area contributed by atoms with Gasteiger partial charge >= 0.3 is 0 Å². The molecule has 1 saturated carbocycles. The third kappa shape index (κ3) is 4.44. The molecule has 3 aromatic carbocycles. The van der Waals surface area contributed by atoms with Gasteiger partial charge < -0.3 is 15.0 Å². The Morgan fingerprint density at radius 3 is 2.40 bits per heavy atom. The summed E-state index contributed by atoms with van der Waals surface area (Å²) in [5.74, 6) is -0.110. The first-order valence-electron chi connectivity index (χ1n) is 13.9. The van der Waals surface area contributed by atoms with Crippen LogP contribution in [0.4, 0.5) is 5.69 Å². The number of anilines is 1. The molecule has 7 nitrogen and oxygen atoms in total. The normalized spacial score (nSPS) is 19.7. The maximum atomic E-state index is 13.5. The minimum atomic E-state index is -0.519. The van der Waals surface area contributed by atoms with Crippen LogP contribution in [-0.4, -0.2) is 52.3 Å². The van der Waals surface area contributed by atoms with Gasteiger partial charge in [-0.15, -0.1) is 0 Å². The van der Waals surface area contributed by atoms with E-state index in [9.17, 15) is 9.59 Å². The van der Waals surface area contributed by atoms with Crippen LogP contribution in [-0.2, 0) is 11.2 Å². The quantitative estimate of drug-likeness (QED) is 0.266. The lowest BCUT2D eigenvalue weighted by atomic mass is 9.99. The van der Waals surface area contributed by atoms with Gasteiger partial charge in [-0.05, 0) is 55.2 Å². The lowest BCUT2D eigenvalue weighted by molar-refractivity contribution is 0.0426. The van der Waals surface area contributed by atoms with E-state index in [4.69, 9.17) is 21.3 Å². The highest BCUT2D eigenvalue weighted by molar-refractivity contribution is 6.32. The van der Waals surface area contributed by atoms with Crippen molar-refractivity contribution < 1.29 is 14.3 Å². The average molecular weight is 553 g/mol. The largest absolute Gasteiger partial charge is 0.469 e. The smallest absolute Gasteiger partial charge is 0.261 e. The highest BCUT2D eigenvalue weighted by Crippen LogP contribution is 2.33. The van der Waals surface area contributed by atoms with E-state index in [2.05, 4.69) is 10.3 Å². The SMILES string of the molecule is O=C1c2ccccc2C(=O)N1C(Cc1ccccc1)C1CN=C(c2cc3cc(Cl)cc(NC4CCCC4)c3[nH]2)O1. The number of H-pyrrole nitrogens is 1. The predicted octanol–water partition coefficient (Wildman–Crippen LogP) is 6.23. The Morgan fingerprint density at radius 1 is 0.975 bits per heavy atom. The van der Waals surface area contributed by atoms with Crippen molar-refractivity contribution in [1.29, 1.82) is 0 Å². The van der Waals surface area contributed by atoms with Crippen LogP contribution in [0.5, 0.6) is 0 Å². The minimum absolute atomic E-state index is 0.290. The zero-order chi connectivity index (χ0) is 27.2. The summed E-state index contributed by atoms with van der Waals surface area (Å²) in [5.41, 5.74) is 4.56. The fourth-order valence-corrected chi connectivity index (χ4v) is 6.45. The van der Waals surface area contributed by atoms with Crippen LogP contribution in [0.3, 0.4) is 0 Å². The predicted molar refractivity (Wildman–Crippen MR) is 156 cm³/mol. The molecule has 0 bridgehead atoms. The van der Waals surface area contributed by atoms with E-state index >= 15 is 0 Å². The van der Waals surface area contributed by atoms with E-state index in [-0.39, 0.29) is 11.8 Å². The number of hydrogen-bond acceptors (Lipinski definition) is 5. The lowest BCUT2D eigenvalue weighted by Crippen LogP contribution is -2.49. The Balaban J connectivity index is 1.18. The number of aliphatic imine (C=N–C) groups is 1. The van der Waals surface area contributed by atoms with E-state index < -0.39 is 12.1 Å². The van der Waals surface area contributed by atoms with Gasteiger partial charge in [0.1, 0.15) is 11.8 Å². The Kier molecular flexibility index (Phi) is 6.31. The summed E-state index contributed by atoms with van der Waals surface area (Å²) in [6.45, 7) is 0.337. The number of hydrogen-bond donors (Lipinski definition) is 2. The molecule has 40 heavy (non-hydrogen) atoms. The van der Waals surface area contributed by atoms with Gasteiger partial charge in [-0.3, -0.25) is 14.5 Å². The molecule has 7 rings (SSSR count). The van der Waals surface area contributed by atoms with Gasteiger partial charge in [0.15, 0.2) is 0 Å². The highest BCUT2D eigenvalue weighted by atomic mass is 35.5. The molecule has 8 heteroatoms. The van der Waals surface area contributed by atoms with Crippen molar-refractivity contribution in [3.63, 3.8) is 0 Å². The molecule has 0 spiro atoms. The third-order valence-electron chi connectivity index (χ3n) is 8.19. The zero-order valence-corrected chi connectivity index (χ0v) is 22.7. The molecule has 1 aromatic heterocycles. The molecular weight excluding hydrogens is 524 g/mol. The number of amides is 2. The van der Waals surface area contributed by atoms with Crippen molar-refractivity contribution in [3.05, 3.63) is 100 Å². The first-order valence-corrected chi connectivity index (χ1v) is 14.2. The van der Waals surface area contributed by atoms with Crippen LogP contribution in [0, 0.1) is 0 Å². The number of imide groups is 1. The average Bonchev–Trinajstić information content (AvgIpc) is 3.76. The number of carbonyl (C=O) groups excluding carboxylic acids is 2. The monoisotopic (exact) mass is 552 g/mol. The Bertz CT molecular complexity index is 1610. The van der Waals surface area contributed by atoms with Crippen LogP contribution in [0.15, 0.2) is 77.8 Å². The summed E-state index contributed by atoms with van der Waals surface area (Å²) in [6, 6.07) is 22.7. The van der Waals surface area contributed by atoms with E-state index in [0.717, 1.165) is 40.7 Å². The Morgan fingerprint density at radius 2 is 1.68 bits per heavy atom. The molecule has 3 aliphatic rings. The van der Waals surface area contributed by atoms with Gasteiger partial charge in [-0.1, -0.05) is 66.9 Å². The van der Waals surface area contributed by atoms with Crippen LogP contribution in [0.25, 0.3) is 10.9 Å². The molecule has 202 valence electrons. The number of aromatic amines is 1. The second-order valence-corrected chi connectivity index (χ2v) is 11.2. The minimum Gasteiger partial charge on any atom is -0.469 e. The van der Waals surface area contributed by atoms with Gasteiger partial charge in [-0.25, -0.2) is 4.99 Å². The van der Waals surface area contributed by atoms with Gasteiger partial charge in [0.05, 0.1) is 34.9 Å². The number of rotatable bonds is 7. The summed E-state index contributed by atoms with van der Waals surface area (Å²) >= 11 is 6.47. The van der Waals surface area contributed by atoms with E-state index in [1.807, 2.05) is 48.5 Å². The van der Waals surface area contributed by atoms with Crippen molar-refractivity contribution in [3.8, 4) is 0 Å². The Labute approximate surface area is 237 Å². The summed E-state index contributed by atoms with van der Waals surface area (Å²) in [7, 11) is 0. The number of benzene rings is 3. The van der Waals surface area contributed by atoms with Gasteiger partial charge in [0.25, 0.3) is 11.8 Å². The number of nitrogens with one attached hydrogen (secondary N) is 2. The summed E-state index contributed by atoms with van der Waals surface area (Å²) in [5, 5.41) is 5.30. The second-order valence-electron chi connectivity index (χ2n) is 10.8. The van der Waals surface area contributed by atoms with Gasteiger partial charge in [0, 0.05) is 16.5 Å². The maximum Gasteiger partial charge on any atom is 0.261 e. The Hall–Kier alpha value is -4.10. The molecule has 3 heterocycles. The molecule has 1 fully saturated rings. The third-order valence-corrected chi connectivity index (χ3v) is 8.41. The van der Waals surface area contributed by atoms with E-state index in [0.29, 0.717) is 41.1 Å². The fourth-order valence-electron chi connectivity index (χ4n) is 6.22. The number of halogens is 1. The van der Waals surface area contributed by atoms with Crippen LogP contribution in [0.2, 0.25) is 5.02 Å². The first kappa shape index (κ1) is 24.9. The molecule has 4 aromatic rings. The van der Waals surface area contributed by atoms with Crippen molar-refractivity contribution in [2.45, 2.75) is 50.3 Å². The van der Waals surface area contributed by atoms with Gasteiger partial charge in [0.2, 0.25) is 5.90 Å². The van der Waals surface area contributed by atoms with Gasteiger partial charge in [-0.2, -0.15) is 0 Å². The van der Waals surface area contributed by atoms with Crippen molar-refractivity contribution in [2.24, 2.45) is 4.99 Å². The molecule has 2 N–H and O–H groups in total. The standard InChI is InChI=1S/C32H29ClN4O3/c33-21-15-20-16-26(36-29(20)25(17-21)35-22-10-4-5-11-22)30-34-18-28(40-30)27(14-19-8-2-1-3-9-19)37-31(38)23-12-6-7-13-24(23)32(37)39/h1-3,6-9,12-13,15-17,22,27-28,35-36H,4-5,10-11,14,18H2.